The van der Waals surface area contributed by atoms with Gasteiger partial charge in [0.05, 0.1) is 27.9 Å². The van der Waals surface area contributed by atoms with Gasteiger partial charge >= 0.3 is 6.18 Å². The van der Waals surface area contributed by atoms with E-state index in [1.54, 1.807) is 47.2 Å². The van der Waals surface area contributed by atoms with Crippen molar-refractivity contribution in [1.29, 1.82) is 0 Å². The lowest BCUT2D eigenvalue weighted by atomic mass is 9.99. The highest BCUT2D eigenvalue weighted by Gasteiger charge is 2.35. The number of fused-ring (bicyclic) bond motifs is 1. The number of nitrogens with zero attached hydrogens (tertiary/aromatic N) is 1. The molecule has 178 valence electrons. The summed E-state index contributed by atoms with van der Waals surface area (Å²) in [7, 11) is -7.82. The maximum atomic E-state index is 13.8. The number of anilines is 1. The molecule has 3 aromatic carbocycles. The quantitative estimate of drug-likeness (QED) is 0.417. The summed E-state index contributed by atoms with van der Waals surface area (Å²) in [6.45, 7) is 0. The van der Waals surface area contributed by atoms with Crippen LogP contribution in [0.25, 0.3) is 27.7 Å². The first-order valence-corrected chi connectivity index (χ1v) is 13.1. The minimum Gasteiger partial charge on any atom is -0.316 e. The summed E-state index contributed by atoms with van der Waals surface area (Å²) in [5, 5.41) is 5.80. The van der Waals surface area contributed by atoms with Gasteiger partial charge in [0.25, 0.3) is 0 Å². The zero-order valence-corrected chi connectivity index (χ0v) is 19.2. The molecule has 0 aliphatic carbocycles. The molecule has 12 heteroatoms. The highest BCUT2D eigenvalue weighted by molar-refractivity contribution is 7.92. The van der Waals surface area contributed by atoms with Gasteiger partial charge in [-0.1, -0.05) is 24.3 Å². The molecule has 0 bridgehead atoms. The Morgan fingerprint density at radius 3 is 2.29 bits per heavy atom. The standard InChI is InChI=1S/C22H18F3N3O4S2/c1-33(29,30)27-16-6-5-14-9-10-28(21(14)12-16)17-4-2-3-15(11-17)19-8-7-18(34(26,31)32)13-20(19)22(23,24)25/h2-13,27H,1H3,(H2,26,31,32). The highest BCUT2D eigenvalue weighted by atomic mass is 32.2. The topological polar surface area (TPSA) is 111 Å². The van der Waals surface area contributed by atoms with Crippen LogP contribution in [-0.2, 0) is 26.2 Å². The van der Waals surface area contributed by atoms with Crippen molar-refractivity contribution in [2.75, 3.05) is 11.0 Å². The summed E-state index contributed by atoms with van der Waals surface area (Å²) in [4.78, 5) is -0.637. The average Bonchev–Trinajstić information content (AvgIpc) is 3.14. The van der Waals surface area contributed by atoms with Crippen LogP contribution in [0.15, 0.2) is 77.8 Å². The minimum atomic E-state index is -4.82. The van der Waals surface area contributed by atoms with E-state index in [1.807, 2.05) is 0 Å². The summed E-state index contributed by atoms with van der Waals surface area (Å²) in [5.74, 6) is 0. The van der Waals surface area contributed by atoms with Gasteiger partial charge < -0.3 is 4.57 Å². The Kier molecular flexibility index (Phi) is 5.70. The Morgan fingerprint density at radius 2 is 1.65 bits per heavy atom. The molecule has 4 aromatic rings. The fourth-order valence-electron chi connectivity index (χ4n) is 3.64. The fraction of sp³-hybridized carbons (Fsp3) is 0.0909. The molecule has 0 aliphatic rings. The van der Waals surface area contributed by atoms with Crippen molar-refractivity contribution in [3.05, 3.63) is 78.5 Å². The largest absolute Gasteiger partial charge is 0.417 e. The molecule has 0 aliphatic heterocycles. The number of hydrogen-bond acceptors (Lipinski definition) is 4. The highest BCUT2D eigenvalue weighted by Crippen LogP contribution is 2.39. The number of nitrogens with two attached hydrogens (primary N) is 1. The Bertz CT molecular complexity index is 1630. The molecule has 3 N–H and O–H groups in total. The second-order valence-corrected chi connectivity index (χ2v) is 10.9. The molecule has 0 radical (unpaired) electrons. The van der Waals surface area contributed by atoms with E-state index in [4.69, 9.17) is 5.14 Å². The lowest BCUT2D eigenvalue weighted by molar-refractivity contribution is -0.137. The van der Waals surface area contributed by atoms with Crippen LogP contribution in [0.5, 0.6) is 0 Å². The summed E-state index contributed by atoms with van der Waals surface area (Å²) in [5.41, 5.74) is 0.354. The van der Waals surface area contributed by atoms with Crippen molar-refractivity contribution < 1.29 is 30.0 Å². The fourth-order valence-corrected chi connectivity index (χ4v) is 4.74. The van der Waals surface area contributed by atoms with E-state index in [0.29, 0.717) is 23.0 Å². The lowest BCUT2D eigenvalue weighted by Crippen LogP contribution is -2.15. The van der Waals surface area contributed by atoms with E-state index in [1.165, 1.54) is 12.1 Å². The lowest BCUT2D eigenvalue weighted by Gasteiger charge is -2.15. The molecule has 0 amide bonds. The smallest absolute Gasteiger partial charge is 0.316 e. The molecule has 0 fully saturated rings. The molecular weight excluding hydrogens is 491 g/mol. The van der Waals surface area contributed by atoms with Crippen LogP contribution in [0.2, 0.25) is 0 Å². The molecule has 0 spiro atoms. The third-order valence-corrected chi connectivity index (χ3v) is 6.57. The number of aromatic nitrogens is 1. The van der Waals surface area contributed by atoms with Gasteiger partial charge in [0.2, 0.25) is 20.0 Å². The first-order valence-electron chi connectivity index (χ1n) is 9.66. The minimum absolute atomic E-state index is 0.207. The number of hydrogen-bond donors (Lipinski definition) is 2. The molecule has 0 saturated heterocycles. The summed E-state index contributed by atoms with van der Waals surface area (Å²) in [6, 6.07) is 15.6. The number of sulfonamides is 2. The van der Waals surface area contributed by atoms with Crippen LogP contribution in [0, 0.1) is 0 Å². The van der Waals surface area contributed by atoms with Gasteiger partial charge in [-0.2, -0.15) is 13.2 Å². The third-order valence-electron chi connectivity index (χ3n) is 5.06. The zero-order valence-electron chi connectivity index (χ0n) is 17.5. The van der Waals surface area contributed by atoms with Crippen molar-refractivity contribution in [2.24, 2.45) is 5.14 Å². The molecule has 34 heavy (non-hydrogen) atoms. The van der Waals surface area contributed by atoms with Gasteiger partial charge in [0.1, 0.15) is 0 Å². The molecule has 0 atom stereocenters. The molecule has 7 nitrogen and oxygen atoms in total. The van der Waals surface area contributed by atoms with Crippen LogP contribution >= 0.6 is 0 Å². The second kappa shape index (κ2) is 8.15. The second-order valence-electron chi connectivity index (χ2n) is 7.63. The number of primary sulfonamides is 1. The van der Waals surface area contributed by atoms with E-state index in [2.05, 4.69) is 4.72 Å². The summed E-state index contributed by atoms with van der Waals surface area (Å²) >= 11 is 0. The van der Waals surface area contributed by atoms with E-state index in [-0.39, 0.29) is 11.1 Å². The maximum Gasteiger partial charge on any atom is 0.417 e. The SMILES string of the molecule is CS(=O)(=O)Nc1ccc2ccn(-c3cccc(-c4ccc(S(N)(=O)=O)cc4C(F)(F)F)c3)c2c1. The number of benzene rings is 3. The summed E-state index contributed by atoms with van der Waals surface area (Å²) in [6.07, 6.45) is -2.08. The third kappa shape index (κ3) is 4.93. The molecule has 1 heterocycles. The number of nitrogens with one attached hydrogen (secondary N) is 1. The Balaban J connectivity index is 1.85. The normalized spacial score (nSPS) is 12.7. The van der Waals surface area contributed by atoms with Crippen LogP contribution in [0.4, 0.5) is 18.9 Å². The number of alkyl halides is 3. The molecule has 0 unspecified atom stereocenters. The van der Waals surface area contributed by atoms with Crippen molar-refractivity contribution >= 4 is 36.6 Å². The maximum absolute atomic E-state index is 13.8. The van der Waals surface area contributed by atoms with Gasteiger partial charge in [-0.05, 0) is 53.6 Å². The Morgan fingerprint density at radius 1 is 0.912 bits per heavy atom. The Hall–Kier alpha value is -3.35. The first-order chi connectivity index (χ1) is 15.7. The van der Waals surface area contributed by atoms with Crippen molar-refractivity contribution in [1.82, 2.24) is 4.57 Å². The molecule has 4 rings (SSSR count). The molecular formula is C22H18F3N3O4S2. The molecule has 0 saturated carbocycles. The van der Waals surface area contributed by atoms with E-state index in [9.17, 15) is 30.0 Å². The zero-order chi connectivity index (χ0) is 24.9. The predicted molar refractivity (Wildman–Crippen MR) is 124 cm³/mol. The van der Waals surface area contributed by atoms with Gasteiger partial charge in [-0.25, -0.2) is 22.0 Å². The van der Waals surface area contributed by atoms with Crippen LogP contribution < -0.4 is 9.86 Å². The van der Waals surface area contributed by atoms with Crippen LogP contribution in [0.3, 0.4) is 0 Å². The van der Waals surface area contributed by atoms with Crippen LogP contribution in [0.1, 0.15) is 5.56 Å². The van der Waals surface area contributed by atoms with Gasteiger partial charge in [0.15, 0.2) is 0 Å². The number of halogens is 3. The van der Waals surface area contributed by atoms with E-state index < -0.39 is 36.7 Å². The van der Waals surface area contributed by atoms with E-state index >= 15 is 0 Å². The Labute approximate surface area is 193 Å². The molecule has 1 aromatic heterocycles. The van der Waals surface area contributed by atoms with Crippen molar-refractivity contribution in [3.63, 3.8) is 0 Å². The van der Waals surface area contributed by atoms with Crippen LogP contribution in [-0.4, -0.2) is 27.7 Å². The van der Waals surface area contributed by atoms with Gasteiger partial charge in [-0.15, -0.1) is 0 Å². The first kappa shape index (κ1) is 23.8. The predicted octanol–water partition coefficient (Wildman–Crippen LogP) is 4.34. The van der Waals surface area contributed by atoms with E-state index in [0.717, 1.165) is 23.8 Å². The monoisotopic (exact) mass is 509 g/mol. The number of rotatable bonds is 5. The van der Waals surface area contributed by atoms with Crippen molar-refractivity contribution in [3.8, 4) is 16.8 Å². The van der Waals surface area contributed by atoms with Crippen molar-refractivity contribution in [2.45, 2.75) is 11.1 Å². The average molecular weight is 510 g/mol. The van der Waals surface area contributed by atoms with Gasteiger partial charge in [-0.3, -0.25) is 4.72 Å². The summed E-state index contributed by atoms with van der Waals surface area (Å²) < 4.78 is 91.7. The van der Waals surface area contributed by atoms with Gasteiger partial charge in [0, 0.05) is 17.3 Å².